The molecule has 0 aliphatic carbocycles. The summed E-state index contributed by atoms with van der Waals surface area (Å²) in [6, 6.07) is -0.115. The van der Waals surface area contributed by atoms with E-state index in [1.165, 1.54) is 19.3 Å². The van der Waals surface area contributed by atoms with Gasteiger partial charge in [-0.2, -0.15) is 4.98 Å². The number of rotatable bonds is 4. The molecule has 1 atom stereocenters. The first-order valence-electron chi connectivity index (χ1n) is 6.15. The molecule has 0 radical (unpaired) electrons. The lowest BCUT2D eigenvalue weighted by molar-refractivity contribution is 0.346. The molecule has 1 aliphatic heterocycles. The first kappa shape index (κ1) is 11.4. The molecule has 5 heteroatoms. The van der Waals surface area contributed by atoms with Gasteiger partial charge in [-0.1, -0.05) is 13.3 Å². The van der Waals surface area contributed by atoms with Crippen LogP contribution in [0, 0.1) is 0 Å². The monoisotopic (exact) mass is 224 g/mol. The van der Waals surface area contributed by atoms with Crippen LogP contribution in [0.5, 0.6) is 0 Å². The number of hydrogen-bond acceptors (Lipinski definition) is 5. The molecule has 0 saturated carbocycles. The van der Waals surface area contributed by atoms with Crippen molar-refractivity contribution in [1.29, 1.82) is 0 Å². The van der Waals surface area contributed by atoms with Gasteiger partial charge in [0.15, 0.2) is 0 Å². The summed E-state index contributed by atoms with van der Waals surface area (Å²) in [5.74, 6) is 1.28. The van der Waals surface area contributed by atoms with Crippen molar-refractivity contribution in [1.82, 2.24) is 10.1 Å². The fourth-order valence-corrected chi connectivity index (χ4v) is 2.03. The molecule has 1 aromatic heterocycles. The van der Waals surface area contributed by atoms with E-state index in [2.05, 4.69) is 22.0 Å². The summed E-state index contributed by atoms with van der Waals surface area (Å²) < 4.78 is 5.20. The van der Waals surface area contributed by atoms with E-state index in [0.717, 1.165) is 25.9 Å². The van der Waals surface area contributed by atoms with Gasteiger partial charge in [-0.3, -0.25) is 0 Å². The largest absolute Gasteiger partial charge is 0.338 e. The van der Waals surface area contributed by atoms with Crippen molar-refractivity contribution in [2.75, 3.05) is 18.0 Å². The van der Waals surface area contributed by atoms with Crippen molar-refractivity contribution in [2.45, 2.75) is 45.1 Å². The third kappa shape index (κ3) is 2.52. The first-order valence-corrected chi connectivity index (χ1v) is 6.15. The topological polar surface area (TPSA) is 68.2 Å². The Labute approximate surface area is 96.0 Å². The molecule has 5 nitrogen and oxygen atoms in total. The maximum atomic E-state index is 5.93. The molecule has 1 aromatic rings. The van der Waals surface area contributed by atoms with Crippen LogP contribution in [0.4, 0.5) is 5.95 Å². The van der Waals surface area contributed by atoms with Gasteiger partial charge in [0.2, 0.25) is 5.89 Å². The number of anilines is 1. The van der Waals surface area contributed by atoms with E-state index in [-0.39, 0.29) is 6.04 Å². The summed E-state index contributed by atoms with van der Waals surface area (Å²) in [6.07, 6.45) is 5.65. The van der Waals surface area contributed by atoms with E-state index in [4.69, 9.17) is 10.3 Å². The smallest absolute Gasteiger partial charge is 0.266 e. The number of nitrogens with two attached hydrogens (primary N) is 1. The van der Waals surface area contributed by atoms with E-state index in [1.54, 1.807) is 0 Å². The average molecular weight is 224 g/mol. The Morgan fingerprint density at radius 2 is 2.12 bits per heavy atom. The van der Waals surface area contributed by atoms with Gasteiger partial charge in [0, 0.05) is 13.1 Å². The van der Waals surface area contributed by atoms with Crippen molar-refractivity contribution in [3.8, 4) is 0 Å². The predicted octanol–water partition coefficient (Wildman–Crippen LogP) is 1.86. The van der Waals surface area contributed by atoms with Gasteiger partial charge in [0.25, 0.3) is 5.95 Å². The normalized spacial score (nSPS) is 18.8. The molecule has 90 valence electrons. The Balaban J connectivity index is 2.00. The highest BCUT2D eigenvalue weighted by Crippen LogP contribution is 2.19. The number of nitrogens with zero attached hydrogens (tertiary/aromatic N) is 3. The lowest BCUT2D eigenvalue weighted by Crippen LogP contribution is -2.30. The standard InChI is InChI=1S/C11H20N4O/c1-2-6-9(12)10-13-11(14-16-10)15-7-4-3-5-8-15/h9H,2-8,12H2,1H3/t9-/m0/s1. The van der Waals surface area contributed by atoms with Crippen molar-refractivity contribution in [3.05, 3.63) is 5.89 Å². The molecule has 2 heterocycles. The van der Waals surface area contributed by atoms with Crippen LogP contribution in [0.3, 0.4) is 0 Å². The van der Waals surface area contributed by atoms with Crippen molar-refractivity contribution in [3.63, 3.8) is 0 Å². The second-order valence-electron chi connectivity index (χ2n) is 4.38. The summed E-state index contributed by atoms with van der Waals surface area (Å²) in [7, 11) is 0. The Morgan fingerprint density at radius 1 is 1.38 bits per heavy atom. The van der Waals surface area contributed by atoms with Gasteiger partial charge in [0.1, 0.15) is 0 Å². The van der Waals surface area contributed by atoms with Gasteiger partial charge in [-0.05, 0) is 30.8 Å². The molecule has 2 N–H and O–H groups in total. The summed E-state index contributed by atoms with van der Waals surface area (Å²) in [6.45, 7) is 4.16. The minimum absolute atomic E-state index is 0.115. The van der Waals surface area contributed by atoms with Gasteiger partial charge >= 0.3 is 0 Å². The third-order valence-electron chi connectivity index (χ3n) is 2.99. The van der Waals surface area contributed by atoms with E-state index in [1.807, 2.05) is 0 Å². The zero-order valence-electron chi connectivity index (χ0n) is 9.85. The minimum Gasteiger partial charge on any atom is -0.338 e. The van der Waals surface area contributed by atoms with Gasteiger partial charge in [0.05, 0.1) is 6.04 Å². The van der Waals surface area contributed by atoms with Gasteiger partial charge < -0.3 is 15.2 Å². The van der Waals surface area contributed by atoms with E-state index in [0.29, 0.717) is 11.8 Å². The lowest BCUT2D eigenvalue weighted by Gasteiger charge is -2.24. The van der Waals surface area contributed by atoms with Crippen LogP contribution in [0.1, 0.15) is 51.0 Å². The maximum absolute atomic E-state index is 5.93. The highest BCUT2D eigenvalue weighted by molar-refractivity contribution is 5.28. The quantitative estimate of drug-likeness (QED) is 0.845. The second-order valence-corrected chi connectivity index (χ2v) is 4.38. The van der Waals surface area contributed by atoms with Gasteiger partial charge in [-0.15, -0.1) is 0 Å². The Morgan fingerprint density at radius 3 is 2.81 bits per heavy atom. The van der Waals surface area contributed by atoms with Crippen LogP contribution >= 0.6 is 0 Å². The lowest BCUT2D eigenvalue weighted by atomic mass is 10.1. The summed E-state index contributed by atoms with van der Waals surface area (Å²) in [4.78, 5) is 6.55. The Hall–Kier alpha value is -1.10. The maximum Gasteiger partial charge on any atom is 0.266 e. The van der Waals surface area contributed by atoms with Gasteiger partial charge in [-0.25, -0.2) is 0 Å². The molecule has 16 heavy (non-hydrogen) atoms. The van der Waals surface area contributed by atoms with Crippen molar-refractivity contribution < 1.29 is 4.52 Å². The third-order valence-corrected chi connectivity index (χ3v) is 2.99. The minimum atomic E-state index is -0.115. The second kappa shape index (κ2) is 5.30. The predicted molar refractivity (Wildman–Crippen MR) is 62.2 cm³/mol. The summed E-state index contributed by atoms with van der Waals surface area (Å²) >= 11 is 0. The van der Waals surface area contributed by atoms with Crippen molar-refractivity contribution >= 4 is 5.95 Å². The molecular weight excluding hydrogens is 204 g/mol. The average Bonchev–Trinajstić information content (AvgIpc) is 2.80. The highest BCUT2D eigenvalue weighted by atomic mass is 16.5. The molecule has 0 spiro atoms. The number of aromatic nitrogens is 2. The fraction of sp³-hybridized carbons (Fsp3) is 0.818. The molecule has 0 amide bonds. The van der Waals surface area contributed by atoms with Crippen molar-refractivity contribution in [2.24, 2.45) is 5.73 Å². The Kier molecular flexibility index (Phi) is 3.77. The molecule has 2 rings (SSSR count). The molecule has 0 aromatic carbocycles. The summed E-state index contributed by atoms with van der Waals surface area (Å²) in [5, 5.41) is 4.00. The molecule has 0 bridgehead atoms. The van der Waals surface area contributed by atoms with Crippen LogP contribution < -0.4 is 10.6 Å². The zero-order valence-corrected chi connectivity index (χ0v) is 9.85. The number of hydrogen-bond donors (Lipinski definition) is 1. The van der Waals surface area contributed by atoms with E-state index >= 15 is 0 Å². The first-order chi connectivity index (χ1) is 7.81. The fourth-order valence-electron chi connectivity index (χ4n) is 2.03. The molecule has 0 unspecified atom stereocenters. The van der Waals surface area contributed by atoms with Crippen LogP contribution in [0.15, 0.2) is 4.52 Å². The van der Waals surface area contributed by atoms with Crippen LogP contribution in [-0.4, -0.2) is 23.2 Å². The van der Waals surface area contributed by atoms with Crippen LogP contribution in [-0.2, 0) is 0 Å². The van der Waals surface area contributed by atoms with E-state index in [9.17, 15) is 0 Å². The highest BCUT2D eigenvalue weighted by Gasteiger charge is 2.19. The zero-order chi connectivity index (χ0) is 11.4. The molecule has 1 fully saturated rings. The van der Waals surface area contributed by atoms with E-state index < -0.39 is 0 Å². The molecule has 1 saturated heterocycles. The summed E-state index contributed by atoms with van der Waals surface area (Å²) in [5.41, 5.74) is 5.93. The van der Waals surface area contributed by atoms with Crippen LogP contribution in [0.25, 0.3) is 0 Å². The van der Waals surface area contributed by atoms with Crippen LogP contribution in [0.2, 0.25) is 0 Å². The Bertz CT molecular complexity index is 320. The number of piperidine rings is 1. The molecule has 1 aliphatic rings. The molecular formula is C11H20N4O. The SMILES string of the molecule is CCC[C@H](N)c1nc(N2CCCCC2)no1.